The third kappa shape index (κ3) is 2.89. The average Bonchev–Trinajstić information content (AvgIpc) is 3.09. The average molecular weight is 323 g/mol. The standard InChI is InChI=1S/C15H15F2N3O3/c16-9-2-1-3-11(4-9)20-7-13(22)14(18-20)15(23)19-6-10(17)5-12(19)8-21/h1-4,7,10,12,21-22H,5-6,8H2/t10-,12-/m0/s1. The van der Waals surface area contributed by atoms with E-state index in [9.17, 15) is 23.8 Å². The summed E-state index contributed by atoms with van der Waals surface area (Å²) in [5.74, 6) is -1.54. The van der Waals surface area contributed by atoms with Gasteiger partial charge in [0.25, 0.3) is 5.91 Å². The summed E-state index contributed by atoms with van der Waals surface area (Å²) in [6.07, 6.45) is 0.00980. The molecule has 0 radical (unpaired) electrons. The van der Waals surface area contributed by atoms with Crippen LogP contribution < -0.4 is 0 Å². The van der Waals surface area contributed by atoms with Gasteiger partial charge in [-0.3, -0.25) is 4.79 Å². The van der Waals surface area contributed by atoms with Crippen LogP contribution in [0.5, 0.6) is 5.75 Å². The second-order valence-electron chi connectivity index (χ2n) is 5.41. The monoisotopic (exact) mass is 323 g/mol. The molecule has 3 rings (SSSR count). The minimum absolute atomic E-state index is 0.0492. The van der Waals surface area contributed by atoms with Crippen molar-refractivity contribution in [3.05, 3.63) is 42.0 Å². The van der Waals surface area contributed by atoms with Crippen LogP contribution in [0.2, 0.25) is 0 Å². The van der Waals surface area contributed by atoms with E-state index in [1.54, 1.807) is 6.07 Å². The number of carbonyl (C=O) groups excluding carboxylic acids is 1. The summed E-state index contributed by atoms with van der Waals surface area (Å²) < 4.78 is 27.9. The summed E-state index contributed by atoms with van der Waals surface area (Å²) >= 11 is 0. The Bertz CT molecular complexity index is 735. The molecule has 6 nitrogen and oxygen atoms in total. The number of amides is 1. The van der Waals surface area contributed by atoms with Crippen LogP contribution in [0.4, 0.5) is 8.78 Å². The summed E-state index contributed by atoms with van der Waals surface area (Å²) in [6, 6.07) is 4.85. The highest BCUT2D eigenvalue weighted by Crippen LogP contribution is 2.26. The first-order valence-corrected chi connectivity index (χ1v) is 7.10. The number of nitrogens with zero attached hydrogens (tertiary/aromatic N) is 3. The lowest BCUT2D eigenvalue weighted by molar-refractivity contribution is 0.0663. The highest BCUT2D eigenvalue weighted by molar-refractivity contribution is 5.95. The zero-order chi connectivity index (χ0) is 16.6. The van der Waals surface area contributed by atoms with E-state index in [0.29, 0.717) is 5.69 Å². The first kappa shape index (κ1) is 15.4. The fraction of sp³-hybridized carbons (Fsp3) is 0.333. The summed E-state index contributed by atoms with van der Waals surface area (Å²) in [6.45, 7) is -0.520. The summed E-state index contributed by atoms with van der Waals surface area (Å²) in [7, 11) is 0. The number of aromatic hydroxyl groups is 1. The van der Waals surface area contributed by atoms with E-state index in [0.717, 1.165) is 4.90 Å². The molecular weight excluding hydrogens is 308 g/mol. The minimum atomic E-state index is -1.22. The summed E-state index contributed by atoms with van der Waals surface area (Å²) in [5, 5.41) is 23.1. The Morgan fingerprint density at radius 3 is 2.91 bits per heavy atom. The maximum Gasteiger partial charge on any atom is 0.278 e. The highest BCUT2D eigenvalue weighted by Gasteiger charge is 2.37. The molecule has 1 aromatic carbocycles. The third-order valence-electron chi connectivity index (χ3n) is 3.81. The second-order valence-corrected chi connectivity index (χ2v) is 5.41. The van der Waals surface area contributed by atoms with Crippen molar-refractivity contribution >= 4 is 5.91 Å². The number of likely N-dealkylation sites (tertiary alicyclic amines) is 1. The molecule has 23 heavy (non-hydrogen) atoms. The van der Waals surface area contributed by atoms with Gasteiger partial charge < -0.3 is 15.1 Å². The van der Waals surface area contributed by atoms with Gasteiger partial charge in [0, 0.05) is 6.42 Å². The lowest BCUT2D eigenvalue weighted by atomic mass is 10.2. The SMILES string of the molecule is O=C(c1nn(-c2cccc(F)c2)cc1O)N1C[C@@H](F)C[C@H]1CO. The van der Waals surface area contributed by atoms with Crippen LogP contribution in [0.3, 0.4) is 0 Å². The normalized spacial score (nSPS) is 20.9. The van der Waals surface area contributed by atoms with E-state index in [1.165, 1.54) is 29.1 Å². The van der Waals surface area contributed by atoms with Gasteiger partial charge in [-0.05, 0) is 18.2 Å². The first-order valence-electron chi connectivity index (χ1n) is 7.10. The van der Waals surface area contributed by atoms with Gasteiger partial charge in [-0.15, -0.1) is 0 Å². The zero-order valence-electron chi connectivity index (χ0n) is 12.1. The van der Waals surface area contributed by atoms with E-state index in [-0.39, 0.29) is 25.3 Å². The maximum absolute atomic E-state index is 13.5. The smallest absolute Gasteiger partial charge is 0.278 e. The van der Waals surface area contributed by atoms with Crippen LogP contribution in [-0.2, 0) is 0 Å². The van der Waals surface area contributed by atoms with Crippen molar-refractivity contribution in [2.24, 2.45) is 0 Å². The third-order valence-corrected chi connectivity index (χ3v) is 3.81. The quantitative estimate of drug-likeness (QED) is 0.891. The van der Waals surface area contributed by atoms with Crippen molar-refractivity contribution < 1.29 is 23.8 Å². The predicted molar refractivity (Wildman–Crippen MR) is 76.6 cm³/mol. The van der Waals surface area contributed by atoms with Crippen LogP contribution in [0.1, 0.15) is 16.9 Å². The number of hydrogen-bond donors (Lipinski definition) is 2. The van der Waals surface area contributed by atoms with Crippen molar-refractivity contribution in [2.75, 3.05) is 13.2 Å². The Labute approximate surface area is 130 Å². The van der Waals surface area contributed by atoms with Crippen molar-refractivity contribution in [1.29, 1.82) is 0 Å². The minimum Gasteiger partial charge on any atom is -0.504 e. The van der Waals surface area contributed by atoms with Gasteiger partial charge in [-0.2, -0.15) is 5.10 Å². The maximum atomic E-state index is 13.5. The van der Waals surface area contributed by atoms with Gasteiger partial charge in [-0.25, -0.2) is 13.5 Å². The lowest BCUT2D eigenvalue weighted by Gasteiger charge is -2.21. The van der Waals surface area contributed by atoms with E-state index in [1.807, 2.05) is 0 Å². The van der Waals surface area contributed by atoms with Gasteiger partial charge >= 0.3 is 0 Å². The van der Waals surface area contributed by atoms with Crippen molar-refractivity contribution in [1.82, 2.24) is 14.7 Å². The van der Waals surface area contributed by atoms with Gasteiger partial charge in [0.2, 0.25) is 0 Å². The number of alkyl halides is 1. The van der Waals surface area contributed by atoms with Crippen molar-refractivity contribution in [3.8, 4) is 11.4 Å². The number of benzene rings is 1. The molecule has 1 saturated heterocycles. The number of carbonyl (C=O) groups is 1. The Balaban J connectivity index is 1.90. The van der Waals surface area contributed by atoms with E-state index in [2.05, 4.69) is 5.10 Å². The predicted octanol–water partition coefficient (Wildman–Crippen LogP) is 1.26. The van der Waals surface area contributed by atoms with Crippen LogP contribution in [0, 0.1) is 5.82 Å². The van der Waals surface area contributed by atoms with Crippen molar-refractivity contribution in [3.63, 3.8) is 0 Å². The zero-order valence-corrected chi connectivity index (χ0v) is 12.1. The first-order chi connectivity index (χ1) is 11.0. The molecule has 2 atom stereocenters. The molecule has 1 fully saturated rings. The highest BCUT2D eigenvalue weighted by atomic mass is 19.1. The van der Waals surface area contributed by atoms with Gasteiger partial charge in [-0.1, -0.05) is 6.07 Å². The fourth-order valence-electron chi connectivity index (χ4n) is 2.69. The molecule has 2 heterocycles. The topological polar surface area (TPSA) is 78.6 Å². The Morgan fingerprint density at radius 2 is 2.22 bits per heavy atom. The van der Waals surface area contributed by atoms with Crippen LogP contribution >= 0.6 is 0 Å². The summed E-state index contributed by atoms with van der Waals surface area (Å²) in [4.78, 5) is 13.6. The number of halogens is 2. The van der Waals surface area contributed by atoms with E-state index < -0.39 is 29.7 Å². The molecule has 1 amide bonds. The van der Waals surface area contributed by atoms with Gasteiger partial charge in [0.05, 0.1) is 31.1 Å². The van der Waals surface area contributed by atoms with E-state index >= 15 is 0 Å². The Kier molecular flexibility index (Phi) is 3.99. The second kappa shape index (κ2) is 5.96. The molecule has 1 aromatic heterocycles. The number of aliphatic hydroxyl groups excluding tert-OH is 1. The van der Waals surface area contributed by atoms with Crippen LogP contribution in [-0.4, -0.2) is 56.2 Å². The largest absolute Gasteiger partial charge is 0.504 e. The molecule has 1 aliphatic rings. The van der Waals surface area contributed by atoms with Gasteiger partial charge in [0.1, 0.15) is 12.0 Å². The number of hydrogen-bond acceptors (Lipinski definition) is 4. The molecule has 0 unspecified atom stereocenters. The number of aromatic nitrogens is 2. The van der Waals surface area contributed by atoms with Gasteiger partial charge in [0.15, 0.2) is 11.4 Å². The fourth-order valence-corrected chi connectivity index (χ4v) is 2.69. The van der Waals surface area contributed by atoms with Crippen molar-refractivity contribution in [2.45, 2.75) is 18.6 Å². The number of aliphatic hydroxyl groups is 1. The van der Waals surface area contributed by atoms with Crippen LogP contribution in [0.15, 0.2) is 30.5 Å². The molecule has 0 aliphatic carbocycles. The Morgan fingerprint density at radius 1 is 1.43 bits per heavy atom. The van der Waals surface area contributed by atoms with E-state index in [4.69, 9.17) is 0 Å². The molecule has 122 valence electrons. The molecular formula is C15H15F2N3O3. The molecule has 0 spiro atoms. The molecule has 2 N–H and O–H groups in total. The molecule has 1 aliphatic heterocycles. The molecule has 8 heteroatoms. The lowest BCUT2D eigenvalue weighted by Crippen LogP contribution is -2.38. The Hall–Kier alpha value is -2.48. The number of rotatable bonds is 3. The molecule has 0 saturated carbocycles. The van der Waals surface area contributed by atoms with Crippen LogP contribution in [0.25, 0.3) is 5.69 Å². The molecule has 0 bridgehead atoms. The molecule has 2 aromatic rings. The summed E-state index contributed by atoms with van der Waals surface area (Å²) in [5.41, 5.74) is 0.0738.